The second-order valence-electron chi connectivity index (χ2n) is 4.57. The number of aromatic nitrogens is 1. The Hall–Kier alpha value is -1.65. The average molecular weight is 295 g/mol. The molecule has 0 amide bonds. The SMILES string of the molecule is CC(c1ccccc1Cl)N(C)c1nccc(CO)c1F. The van der Waals surface area contributed by atoms with Gasteiger partial charge < -0.3 is 10.0 Å². The normalized spacial score (nSPS) is 12.2. The largest absolute Gasteiger partial charge is 0.392 e. The van der Waals surface area contributed by atoms with Gasteiger partial charge in [-0.15, -0.1) is 0 Å². The van der Waals surface area contributed by atoms with Crippen LogP contribution in [0.15, 0.2) is 36.5 Å². The fourth-order valence-electron chi connectivity index (χ4n) is 2.05. The molecule has 0 aliphatic rings. The van der Waals surface area contributed by atoms with Gasteiger partial charge in [-0.1, -0.05) is 29.8 Å². The second-order valence-corrected chi connectivity index (χ2v) is 4.98. The quantitative estimate of drug-likeness (QED) is 0.936. The Morgan fingerprint density at radius 2 is 2.05 bits per heavy atom. The number of nitrogens with zero attached hydrogens (tertiary/aromatic N) is 2. The number of rotatable bonds is 4. The number of hydrogen-bond donors (Lipinski definition) is 1. The van der Waals surface area contributed by atoms with E-state index in [0.717, 1.165) is 5.56 Å². The van der Waals surface area contributed by atoms with E-state index in [4.69, 9.17) is 16.7 Å². The third-order valence-electron chi connectivity index (χ3n) is 3.39. The zero-order valence-corrected chi connectivity index (χ0v) is 12.1. The molecule has 0 aliphatic heterocycles. The van der Waals surface area contributed by atoms with Crippen molar-refractivity contribution in [1.82, 2.24) is 4.98 Å². The van der Waals surface area contributed by atoms with E-state index in [9.17, 15) is 4.39 Å². The lowest BCUT2D eigenvalue weighted by Crippen LogP contribution is -2.24. The van der Waals surface area contributed by atoms with Crippen molar-refractivity contribution in [3.63, 3.8) is 0 Å². The fraction of sp³-hybridized carbons (Fsp3) is 0.267. The first-order valence-corrected chi connectivity index (χ1v) is 6.65. The van der Waals surface area contributed by atoms with E-state index in [-0.39, 0.29) is 24.0 Å². The monoisotopic (exact) mass is 294 g/mol. The van der Waals surface area contributed by atoms with Gasteiger partial charge in [0.05, 0.1) is 12.6 Å². The van der Waals surface area contributed by atoms with Gasteiger partial charge >= 0.3 is 0 Å². The summed E-state index contributed by atoms with van der Waals surface area (Å²) in [4.78, 5) is 5.76. The summed E-state index contributed by atoms with van der Waals surface area (Å²) in [6.07, 6.45) is 1.49. The average Bonchev–Trinajstić information content (AvgIpc) is 2.46. The first kappa shape index (κ1) is 14.8. The summed E-state index contributed by atoms with van der Waals surface area (Å²) < 4.78 is 14.2. The van der Waals surface area contributed by atoms with Crippen LogP contribution in [0, 0.1) is 5.82 Å². The van der Waals surface area contributed by atoms with Crippen molar-refractivity contribution >= 4 is 17.4 Å². The Morgan fingerprint density at radius 1 is 1.35 bits per heavy atom. The standard InChI is InChI=1S/C15H16ClFN2O/c1-10(12-5-3-4-6-13(12)16)19(2)15-14(17)11(9-20)7-8-18-15/h3-8,10,20H,9H2,1-2H3. The van der Waals surface area contributed by atoms with E-state index in [2.05, 4.69) is 4.98 Å². The van der Waals surface area contributed by atoms with E-state index in [1.165, 1.54) is 12.3 Å². The fourth-order valence-corrected chi connectivity index (χ4v) is 2.34. The van der Waals surface area contributed by atoms with Crippen molar-refractivity contribution in [1.29, 1.82) is 0 Å². The molecule has 1 heterocycles. The van der Waals surface area contributed by atoms with Gasteiger partial charge in [0.2, 0.25) is 0 Å². The predicted molar refractivity (Wildman–Crippen MR) is 78.4 cm³/mol. The van der Waals surface area contributed by atoms with Crippen molar-refractivity contribution < 1.29 is 9.50 Å². The van der Waals surface area contributed by atoms with Crippen LogP contribution >= 0.6 is 11.6 Å². The third-order valence-corrected chi connectivity index (χ3v) is 3.74. The van der Waals surface area contributed by atoms with Crippen LogP contribution < -0.4 is 4.90 Å². The number of aliphatic hydroxyl groups is 1. The number of hydrogen-bond acceptors (Lipinski definition) is 3. The van der Waals surface area contributed by atoms with Gasteiger partial charge in [-0.05, 0) is 24.6 Å². The molecule has 1 unspecified atom stereocenters. The molecule has 2 aromatic rings. The third kappa shape index (κ3) is 2.76. The molecule has 5 heteroatoms. The van der Waals surface area contributed by atoms with Crippen LogP contribution in [-0.2, 0) is 6.61 Å². The number of halogens is 2. The molecule has 0 radical (unpaired) electrons. The Morgan fingerprint density at radius 3 is 2.70 bits per heavy atom. The molecule has 0 aliphatic carbocycles. The van der Waals surface area contributed by atoms with Crippen LogP contribution in [0.1, 0.15) is 24.1 Å². The predicted octanol–water partition coefficient (Wildman–Crippen LogP) is 3.56. The maximum Gasteiger partial charge on any atom is 0.171 e. The summed E-state index contributed by atoms with van der Waals surface area (Å²) in [5.74, 6) is -0.305. The zero-order chi connectivity index (χ0) is 14.7. The number of anilines is 1. The summed E-state index contributed by atoms with van der Waals surface area (Å²) in [5, 5.41) is 9.75. The zero-order valence-electron chi connectivity index (χ0n) is 11.3. The van der Waals surface area contributed by atoms with Crippen molar-refractivity contribution in [3.8, 4) is 0 Å². The first-order chi connectivity index (χ1) is 9.56. The summed E-state index contributed by atoms with van der Waals surface area (Å²) in [5.41, 5.74) is 1.13. The highest BCUT2D eigenvalue weighted by atomic mass is 35.5. The Bertz CT molecular complexity index is 606. The summed E-state index contributed by atoms with van der Waals surface area (Å²) in [6.45, 7) is 1.57. The molecular weight excluding hydrogens is 279 g/mol. The van der Waals surface area contributed by atoms with E-state index in [0.29, 0.717) is 5.02 Å². The minimum Gasteiger partial charge on any atom is -0.392 e. The molecule has 0 spiro atoms. The van der Waals surface area contributed by atoms with Gasteiger partial charge in [0.1, 0.15) is 0 Å². The van der Waals surface area contributed by atoms with Gasteiger partial charge in [0, 0.05) is 23.8 Å². The van der Waals surface area contributed by atoms with Gasteiger partial charge in [0.15, 0.2) is 11.6 Å². The minimum atomic E-state index is -0.503. The molecule has 0 bridgehead atoms. The summed E-state index contributed by atoms with van der Waals surface area (Å²) in [7, 11) is 1.75. The maximum atomic E-state index is 14.2. The smallest absolute Gasteiger partial charge is 0.171 e. The molecule has 1 N–H and O–H groups in total. The van der Waals surface area contributed by atoms with Crippen molar-refractivity contribution in [2.45, 2.75) is 19.6 Å². The molecule has 2 rings (SSSR count). The van der Waals surface area contributed by atoms with Crippen LogP contribution in [0.4, 0.5) is 10.2 Å². The Kier molecular flexibility index (Phi) is 4.57. The van der Waals surface area contributed by atoms with Crippen molar-refractivity contribution in [3.05, 3.63) is 58.5 Å². The molecule has 0 saturated carbocycles. The van der Waals surface area contributed by atoms with Crippen molar-refractivity contribution in [2.75, 3.05) is 11.9 Å². The molecule has 1 atom stereocenters. The van der Waals surface area contributed by atoms with Crippen LogP contribution in [0.5, 0.6) is 0 Å². The number of aliphatic hydroxyl groups excluding tert-OH is 1. The molecule has 3 nitrogen and oxygen atoms in total. The Balaban J connectivity index is 2.36. The van der Waals surface area contributed by atoms with Gasteiger partial charge in [-0.2, -0.15) is 0 Å². The molecule has 1 aromatic heterocycles. The molecular formula is C15H16ClFN2O. The van der Waals surface area contributed by atoms with Gasteiger partial charge in [-0.3, -0.25) is 0 Å². The summed E-state index contributed by atoms with van der Waals surface area (Å²) >= 11 is 6.17. The first-order valence-electron chi connectivity index (χ1n) is 6.27. The molecule has 106 valence electrons. The lowest BCUT2D eigenvalue weighted by atomic mass is 10.1. The molecule has 0 saturated heterocycles. The van der Waals surface area contributed by atoms with Gasteiger partial charge in [-0.25, -0.2) is 9.37 Å². The van der Waals surface area contributed by atoms with Gasteiger partial charge in [0.25, 0.3) is 0 Å². The van der Waals surface area contributed by atoms with E-state index < -0.39 is 5.82 Å². The lowest BCUT2D eigenvalue weighted by Gasteiger charge is -2.27. The van der Waals surface area contributed by atoms with Crippen LogP contribution in [0.3, 0.4) is 0 Å². The number of pyridine rings is 1. The van der Waals surface area contributed by atoms with E-state index in [1.807, 2.05) is 25.1 Å². The highest BCUT2D eigenvalue weighted by Gasteiger charge is 2.20. The minimum absolute atomic E-state index is 0.139. The Labute approximate surface area is 122 Å². The summed E-state index contributed by atoms with van der Waals surface area (Å²) in [6, 6.07) is 8.77. The lowest BCUT2D eigenvalue weighted by molar-refractivity contribution is 0.275. The molecule has 1 aromatic carbocycles. The number of benzene rings is 1. The van der Waals surface area contributed by atoms with Crippen LogP contribution in [0.25, 0.3) is 0 Å². The topological polar surface area (TPSA) is 36.4 Å². The molecule has 0 fully saturated rings. The van der Waals surface area contributed by atoms with E-state index >= 15 is 0 Å². The van der Waals surface area contributed by atoms with Crippen LogP contribution in [-0.4, -0.2) is 17.1 Å². The van der Waals surface area contributed by atoms with Crippen LogP contribution in [0.2, 0.25) is 5.02 Å². The maximum absolute atomic E-state index is 14.2. The van der Waals surface area contributed by atoms with E-state index in [1.54, 1.807) is 18.0 Å². The molecule has 20 heavy (non-hydrogen) atoms. The van der Waals surface area contributed by atoms with Crippen molar-refractivity contribution in [2.24, 2.45) is 0 Å². The highest BCUT2D eigenvalue weighted by Crippen LogP contribution is 2.30. The second kappa shape index (κ2) is 6.20. The highest BCUT2D eigenvalue weighted by molar-refractivity contribution is 6.31.